The first-order valence-corrected chi connectivity index (χ1v) is 7.22. The molecule has 1 heterocycles. The van der Waals surface area contributed by atoms with E-state index in [1.165, 1.54) is 0 Å². The molecule has 114 valence electrons. The zero-order chi connectivity index (χ0) is 15.8. The van der Waals surface area contributed by atoms with Crippen molar-refractivity contribution < 1.29 is 14.6 Å². The molecule has 4 nitrogen and oxygen atoms in total. The van der Waals surface area contributed by atoms with E-state index in [1.807, 2.05) is 43.9 Å². The smallest absolute Gasteiger partial charge is 0.326 e. The molecule has 0 bridgehead atoms. The van der Waals surface area contributed by atoms with E-state index < -0.39 is 12.0 Å². The van der Waals surface area contributed by atoms with Crippen molar-refractivity contribution in [2.45, 2.75) is 45.7 Å². The summed E-state index contributed by atoms with van der Waals surface area (Å²) in [6.07, 6.45) is 2.66. The third-order valence-electron chi connectivity index (χ3n) is 4.06. The van der Waals surface area contributed by atoms with Crippen molar-refractivity contribution in [1.29, 1.82) is 0 Å². The molecule has 2 rings (SSSR count). The van der Waals surface area contributed by atoms with Crippen molar-refractivity contribution in [1.82, 2.24) is 0 Å². The van der Waals surface area contributed by atoms with Gasteiger partial charge < -0.3 is 14.7 Å². The summed E-state index contributed by atoms with van der Waals surface area (Å²) in [6.45, 7) is 8.03. The summed E-state index contributed by atoms with van der Waals surface area (Å²) in [5.74, 6) is -0.0943. The van der Waals surface area contributed by atoms with Gasteiger partial charge in [-0.3, -0.25) is 0 Å². The number of benzene rings is 1. The molecule has 0 saturated carbocycles. The van der Waals surface area contributed by atoms with Crippen molar-refractivity contribution in [3.05, 3.63) is 29.8 Å². The number of carboxylic acids is 1. The second-order valence-corrected chi connectivity index (χ2v) is 5.97. The summed E-state index contributed by atoms with van der Waals surface area (Å²) in [6, 6.07) is 5.25. The number of carbonyl (C=O) groups is 1. The van der Waals surface area contributed by atoms with Crippen molar-refractivity contribution in [3.63, 3.8) is 0 Å². The Hall–Kier alpha value is -1.97. The van der Waals surface area contributed by atoms with E-state index in [0.717, 1.165) is 16.8 Å². The Labute approximate surface area is 126 Å². The quantitative estimate of drug-likeness (QED) is 0.920. The highest BCUT2D eigenvalue weighted by molar-refractivity contribution is 5.89. The molecular weight excluding hydrogens is 266 g/mol. The first-order valence-electron chi connectivity index (χ1n) is 7.22. The lowest BCUT2D eigenvalue weighted by atomic mass is 9.86. The van der Waals surface area contributed by atoms with Crippen molar-refractivity contribution >= 4 is 17.2 Å². The fraction of sp³-hybridized carbons (Fsp3) is 0.471. The molecule has 0 unspecified atom stereocenters. The standard InChI is InChI=1S/C17H23NO3/c1-6-13(16(19)20)18-15-12(8-7-9-14(15)21-5)11(2)10-17(18,3)4/h7-10,13H,6H2,1-5H3,(H,19,20)/t13-/m0/s1. The number of carboxylic acid groups (broad SMARTS) is 1. The van der Waals surface area contributed by atoms with E-state index in [9.17, 15) is 9.90 Å². The molecule has 1 aromatic carbocycles. The van der Waals surface area contributed by atoms with Crippen LogP contribution in [0.4, 0.5) is 5.69 Å². The first-order chi connectivity index (χ1) is 9.83. The van der Waals surface area contributed by atoms with Crippen LogP contribution in [0.5, 0.6) is 5.75 Å². The van der Waals surface area contributed by atoms with Gasteiger partial charge in [-0.1, -0.05) is 25.1 Å². The predicted molar refractivity (Wildman–Crippen MR) is 84.9 cm³/mol. The van der Waals surface area contributed by atoms with Crippen LogP contribution in [0.2, 0.25) is 0 Å². The number of aliphatic carboxylic acids is 1. The third-order valence-corrected chi connectivity index (χ3v) is 4.06. The molecule has 0 fully saturated rings. The van der Waals surface area contributed by atoms with Crippen LogP contribution in [0.25, 0.3) is 5.57 Å². The van der Waals surface area contributed by atoms with Gasteiger partial charge in [-0.25, -0.2) is 4.79 Å². The van der Waals surface area contributed by atoms with Gasteiger partial charge in [0.15, 0.2) is 0 Å². The van der Waals surface area contributed by atoms with Gasteiger partial charge in [0.05, 0.1) is 18.3 Å². The molecule has 1 aliphatic rings. The van der Waals surface area contributed by atoms with E-state index in [0.29, 0.717) is 12.2 Å². The van der Waals surface area contributed by atoms with Crippen LogP contribution in [0.15, 0.2) is 24.3 Å². The van der Waals surface area contributed by atoms with E-state index in [-0.39, 0.29) is 5.54 Å². The molecule has 4 heteroatoms. The van der Waals surface area contributed by atoms with Gasteiger partial charge in [-0.05, 0) is 38.8 Å². The molecule has 0 spiro atoms. The molecule has 0 aliphatic carbocycles. The first kappa shape index (κ1) is 15.4. The summed E-state index contributed by atoms with van der Waals surface area (Å²) in [7, 11) is 1.62. The van der Waals surface area contributed by atoms with E-state index >= 15 is 0 Å². The van der Waals surface area contributed by atoms with Gasteiger partial charge in [0.25, 0.3) is 0 Å². The van der Waals surface area contributed by atoms with Crippen molar-refractivity contribution in [3.8, 4) is 5.75 Å². The second kappa shape index (κ2) is 5.43. The number of ether oxygens (including phenoxy) is 1. The third kappa shape index (κ3) is 2.50. The Kier molecular flexibility index (Phi) is 3.99. The minimum absolute atomic E-state index is 0.384. The van der Waals surface area contributed by atoms with E-state index in [2.05, 4.69) is 13.0 Å². The Morgan fingerprint density at radius 1 is 1.43 bits per heavy atom. The van der Waals surface area contributed by atoms with Crippen LogP contribution < -0.4 is 9.64 Å². The second-order valence-electron chi connectivity index (χ2n) is 5.97. The summed E-state index contributed by atoms with van der Waals surface area (Å²) >= 11 is 0. The van der Waals surface area contributed by atoms with Crippen molar-refractivity contribution in [2.75, 3.05) is 12.0 Å². The maximum absolute atomic E-state index is 11.7. The molecule has 21 heavy (non-hydrogen) atoms. The fourth-order valence-corrected chi connectivity index (χ4v) is 3.24. The van der Waals surface area contributed by atoms with Crippen LogP contribution in [-0.2, 0) is 4.79 Å². The summed E-state index contributed by atoms with van der Waals surface area (Å²) in [5.41, 5.74) is 2.67. The number of fused-ring (bicyclic) bond motifs is 1. The summed E-state index contributed by atoms with van der Waals surface area (Å²) in [4.78, 5) is 13.7. The van der Waals surface area contributed by atoms with Crippen LogP contribution in [0.1, 0.15) is 39.7 Å². The van der Waals surface area contributed by atoms with Gasteiger partial charge >= 0.3 is 5.97 Å². The maximum Gasteiger partial charge on any atom is 0.326 e. The average molecular weight is 289 g/mol. The Morgan fingerprint density at radius 3 is 2.62 bits per heavy atom. The molecule has 1 N–H and O–H groups in total. The Bertz CT molecular complexity index is 590. The number of anilines is 1. The number of allylic oxidation sites excluding steroid dienone is 1. The number of rotatable bonds is 4. The number of nitrogens with zero attached hydrogens (tertiary/aromatic N) is 1. The molecule has 1 atom stereocenters. The van der Waals surface area contributed by atoms with Gasteiger partial charge in [0.1, 0.15) is 11.8 Å². The highest BCUT2D eigenvalue weighted by Crippen LogP contribution is 2.45. The fourth-order valence-electron chi connectivity index (χ4n) is 3.24. The van der Waals surface area contributed by atoms with Crippen LogP contribution in [0, 0.1) is 0 Å². The number of hydrogen-bond acceptors (Lipinski definition) is 3. The Morgan fingerprint density at radius 2 is 2.10 bits per heavy atom. The minimum Gasteiger partial charge on any atom is -0.495 e. The summed E-state index contributed by atoms with van der Waals surface area (Å²) in [5, 5.41) is 9.61. The molecule has 0 saturated heterocycles. The molecule has 0 radical (unpaired) electrons. The van der Waals surface area contributed by atoms with Gasteiger partial charge in [0, 0.05) is 5.56 Å². The topological polar surface area (TPSA) is 49.8 Å². The molecule has 0 aromatic heterocycles. The van der Waals surface area contributed by atoms with Crippen molar-refractivity contribution in [2.24, 2.45) is 0 Å². The minimum atomic E-state index is -0.810. The zero-order valence-electron chi connectivity index (χ0n) is 13.3. The molecule has 0 amide bonds. The van der Waals surface area contributed by atoms with Gasteiger partial charge in [-0.2, -0.15) is 0 Å². The molecule has 1 aromatic rings. The van der Waals surface area contributed by atoms with Crippen LogP contribution in [-0.4, -0.2) is 29.8 Å². The van der Waals surface area contributed by atoms with Gasteiger partial charge in [0.2, 0.25) is 0 Å². The number of para-hydroxylation sites is 1. The van der Waals surface area contributed by atoms with Gasteiger partial charge in [-0.15, -0.1) is 0 Å². The monoisotopic (exact) mass is 289 g/mol. The largest absolute Gasteiger partial charge is 0.495 e. The lowest BCUT2D eigenvalue weighted by Gasteiger charge is -2.46. The lowest BCUT2D eigenvalue weighted by molar-refractivity contribution is -0.139. The maximum atomic E-state index is 11.7. The van der Waals surface area contributed by atoms with E-state index in [4.69, 9.17) is 4.74 Å². The number of hydrogen-bond donors (Lipinski definition) is 1. The predicted octanol–water partition coefficient (Wildman–Crippen LogP) is 3.56. The molecular formula is C17H23NO3. The highest BCUT2D eigenvalue weighted by Gasteiger charge is 2.40. The Balaban J connectivity index is 2.73. The lowest BCUT2D eigenvalue weighted by Crippen LogP contribution is -2.54. The summed E-state index contributed by atoms with van der Waals surface area (Å²) < 4.78 is 5.50. The van der Waals surface area contributed by atoms with Crippen LogP contribution in [0.3, 0.4) is 0 Å². The zero-order valence-corrected chi connectivity index (χ0v) is 13.3. The van der Waals surface area contributed by atoms with Crippen LogP contribution >= 0.6 is 0 Å². The SMILES string of the molecule is CC[C@@H](C(=O)O)N1c2c(OC)cccc2C(C)=CC1(C)C. The number of methoxy groups -OCH3 is 1. The van der Waals surface area contributed by atoms with E-state index in [1.54, 1.807) is 7.11 Å². The average Bonchev–Trinajstić information content (AvgIpc) is 2.41. The normalized spacial score (nSPS) is 17.8. The highest BCUT2D eigenvalue weighted by atomic mass is 16.5. The molecule has 1 aliphatic heterocycles.